The molecule has 0 saturated heterocycles. The van der Waals surface area contributed by atoms with E-state index in [-0.39, 0.29) is 12.5 Å². The second-order valence-electron chi connectivity index (χ2n) is 3.85. The standard InChI is InChI=1S/C12H19NO4/c1-8(6-14)7-17-12-10(13)4-9(15-2)5-11(12)16-3/h4-5,8,14H,6-7,13H2,1-3H3/t8-/m1/s1. The number of aliphatic hydroxyl groups is 1. The summed E-state index contributed by atoms with van der Waals surface area (Å²) in [6.07, 6.45) is 0. The van der Waals surface area contributed by atoms with Crippen LogP contribution in [-0.2, 0) is 0 Å². The number of nitrogens with two attached hydrogens (primary N) is 1. The van der Waals surface area contributed by atoms with E-state index in [9.17, 15) is 0 Å². The highest BCUT2D eigenvalue weighted by atomic mass is 16.5. The maximum atomic E-state index is 8.93. The number of nitrogen functional groups attached to an aromatic ring is 1. The summed E-state index contributed by atoms with van der Waals surface area (Å²) >= 11 is 0. The van der Waals surface area contributed by atoms with Crippen LogP contribution >= 0.6 is 0 Å². The van der Waals surface area contributed by atoms with E-state index in [1.807, 2.05) is 6.92 Å². The summed E-state index contributed by atoms with van der Waals surface area (Å²) in [6.45, 7) is 2.33. The van der Waals surface area contributed by atoms with Gasteiger partial charge in [-0.25, -0.2) is 0 Å². The molecule has 0 aliphatic carbocycles. The lowest BCUT2D eigenvalue weighted by Gasteiger charge is -2.16. The summed E-state index contributed by atoms with van der Waals surface area (Å²) in [5, 5.41) is 8.93. The van der Waals surface area contributed by atoms with Gasteiger partial charge in [0.1, 0.15) is 5.75 Å². The van der Waals surface area contributed by atoms with Crippen molar-refractivity contribution in [3.05, 3.63) is 12.1 Å². The van der Waals surface area contributed by atoms with Gasteiger partial charge in [0.15, 0.2) is 11.5 Å². The van der Waals surface area contributed by atoms with Crippen molar-refractivity contribution in [2.75, 3.05) is 33.2 Å². The van der Waals surface area contributed by atoms with Crippen LogP contribution in [0.25, 0.3) is 0 Å². The second-order valence-corrected chi connectivity index (χ2v) is 3.85. The van der Waals surface area contributed by atoms with Gasteiger partial charge in [0.25, 0.3) is 0 Å². The average Bonchev–Trinajstić information content (AvgIpc) is 2.35. The number of ether oxygens (including phenoxy) is 3. The van der Waals surface area contributed by atoms with Gasteiger partial charge in [0.2, 0.25) is 0 Å². The highest BCUT2D eigenvalue weighted by Gasteiger charge is 2.12. The summed E-state index contributed by atoms with van der Waals surface area (Å²) in [6, 6.07) is 3.37. The molecule has 0 heterocycles. The molecule has 1 rings (SSSR count). The Morgan fingerprint density at radius 2 is 2.00 bits per heavy atom. The van der Waals surface area contributed by atoms with E-state index in [1.54, 1.807) is 19.2 Å². The topological polar surface area (TPSA) is 73.9 Å². The van der Waals surface area contributed by atoms with E-state index in [4.69, 9.17) is 25.1 Å². The molecule has 0 aliphatic heterocycles. The van der Waals surface area contributed by atoms with E-state index in [2.05, 4.69) is 0 Å². The minimum Gasteiger partial charge on any atom is -0.497 e. The highest BCUT2D eigenvalue weighted by Crippen LogP contribution is 2.37. The van der Waals surface area contributed by atoms with Gasteiger partial charge in [-0.3, -0.25) is 0 Å². The molecule has 3 N–H and O–H groups in total. The highest BCUT2D eigenvalue weighted by molar-refractivity contribution is 5.63. The summed E-state index contributed by atoms with van der Waals surface area (Å²) in [5.41, 5.74) is 6.30. The molecule has 0 radical (unpaired) electrons. The molecule has 0 spiro atoms. The Hall–Kier alpha value is -1.62. The zero-order valence-corrected chi connectivity index (χ0v) is 10.4. The number of hydrogen-bond donors (Lipinski definition) is 2. The number of hydrogen-bond acceptors (Lipinski definition) is 5. The quantitative estimate of drug-likeness (QED) is 0.734. The lowest BCUT2D eigenvalue weighted by Crippen LogP contribution is -2.13. The first-order chi connectivity index (χ1) is 8.12. The SMILES string of the molecule is COc1cc(N)c(OC[C@H](C)CO)c(OC)c1. The van der Waals surface area contributed by atoms with E-state index in [1.165, 1.54) is 7.11 Å². The van der Waals surface area contributed by atoms with Gasteiger partial charge >= 0.3 is 0 Å². The molecule has 0 aliphatic rings. The molecule has 0 saturated carbocycles. The van der Waals surface area contributed by atoms with Gasteiger partial charge in [-0.2, -0.15) is 0 Å². The van der Waals surface area contributed by atoms with Crippen LogP contribution in [0.3, 0.4) is 0 Å². The summed E-state index contributed by atoms with van der Waals surface area (Å²) in [5.74, 6) is 1.66. The summed E-state index contributed by atoms with van der Waals surface area (Å²) < 4.78 is 15.8. The molecule has 0 amide bonds. The fourth-order valence-corrected chi connectivity index (χ4v) is 1.30. The normalized spacial score (nSPS) is 12.0. The summed E-state index contributed by atoms with van der Waals surface area (Å²) in [4.78, 5) is 0. The molecule has 96 valence electrons. The van der Waals surface area contributed by atoms with Crippen molar-refractivity contribution < 1.29 is 19.3 Å². The van der Waals surface area contributed by atoms with Crippen molar-refractivity contribution >= 4 is 5.69 Å². The minimum absolute atomic E-state index is 0.0428. The minimum atomic E-state index is 0.0428. The Kier molecular flexibility index (Phi) is 4.90. The molecule has 5 nitrogen and oxygen atoms in total. The Morgan fingerprint density at radius 3 is 2.53 bits per heavy atom. The predicted octanol–water partition coefficient (Wildman–Crippen LogP) is 1.29. The van der Waals surface area contributed by atoms with Crippen molar-refractivity contribution in [3.63, 3.8) is 0 Å². The van der Waals surface area contributed by atoms with Crippen LogP contribution in [0.15, 0.2) is 12.1 Å². The Labute approximate surface area is 101 Å². The fourth-order valence-electron chi connectivity index (χ4n) is 1.30. The monoisotopic (exact) mass is 241 g/mol. The summed E-state index contributed by atoms with van der Waals surface area (Å²) in [7, 11) is 3.10. The molecule has 5 heteroatoms. The van der Waals surface area contributed by atoms with Gasteiger partial charge in [0.05, 0.1) is 26.5 Å². The van der Waals surface area contributed by atoms with E-state index in [0.717, 1.165) is 0 Å². The average molecular weight is 241 g/mol. The fraction of sp³-hybridized carbons (Fsp3) is 0.500. The van der Waals surface area contributed by atoms with Crippen LogP contribution < -0.4 is 19.9 Å². The lowest BCUT2D eigenvalue weighted by molar-refractivity contribution is 0.171. The molecule has 0 aromatic heterocycles. The zero-order valence-electron chi connectivity index (χ0n) is 10.4. The Bertz CT molecular complexity index is 368. The molecule has 1 aromatic carbocycles. The molecule has 17 heavy (non-hydrogen) atoms. The molecule has 1 aromatic rings. The van der Waals surface area contributed by atoms with E-state index >= 15 is 0 Å². The Morgan fingerprint density at radius 1 is 1.29 bits per heavy atom. The molecule has 0 unspecified atom stereocenters. The lowest BCUT2D eigenvalue weighted by atomic mass is 10.2. The van der Waals surface area contributed by atoms with Gasteiger partial charge < -0.3 is 25.1 Å². The van der Waals surface area contributed by atoms with Crippen molar-refractivity contribution in [3.8, 4) is 17.2 Å². The largest absolute Gasteiger partial charge is 0.497 e. The van der Waals surface area contributed by atoms with Gasteiger partial charge in [0, 0.05) is 24.7 Å². The molecule has 0 fully saturated rings. The number of rotatable bonds is 6. The Balaban J connectivity index is 2.89. The van der Waals surface area contributed by atoms with Crippen LogP contribution in [0, 0.1) is 5.92 Å². The van der Waals surface area contributed by atoms with E-state index < -0.39 is 0 Å². The third-order valence-corrected chi connectivity index (χ3v) is 2.34. The van der Waals surface area contributed by atoms with Gasteiger partial charge in [-0.1, -0.05) is 6.92 Å². The van der Waals surface area contributed by atoms with Crippen LogP contribution in [0.4, 0.5) is 5.69 Å². The zero-order chi connectivity index (χ0) is 12.8. The van der Waals surface area contributed by atoms with Gasteiger partial charge in [-0.15, -0.1) is 0 Å². The number of anilines is 1. The number of benzene rings is 1. The van der Waals surface area contributed by atoms with Crippen LogP contribution in [0.1, 0.15) is 6.92 Å². The van der Waals surface area contributed by atoms with Crippen LogP contribution in [-0.4, -0.2) is 32.5 Å². The van der Waals surface area contributed by atoms with Gasteiger partial charge in [-0.05, 0) is 0 Å². The third-order valence-electron chi connectivity index (χ3n) is 2.34. The molecular weight excluding hydrogens is 222 g/mol. The van der Waals surface area contributed by atoms with Crippen molar-refractivity contribution in [1.82, 2.24) is 0 Å². The van der Waals surface area contributed by atoms with Crippen LogP contribution in [0.5, 0.6) is 17.2 Å². The number of methoxy groups -OCH3 is 2. The van der Waals surface area contributed by atoms with Crippen LogP contribution in [0.2, 0.25) is 0 Å². The first-order valence-electron chi connectivity index (χ1n) is 5.37. The molecule has 0 bridgehead atoms. The predicted molar refractivity (Wildman–Crippen MR) is 65.7 cm³/mol. The van der Waals surface area contributed by atoms with E-state index in [0.29, 0.717) is 29.5 Å². The smallest absolute Gasteiger partial charge is 0.184 e. The van der Waals surface area contributed by atoms with Crippen molar-refractivity contribution in [2.24, 2.45) is 5.92 Å². The van der Waals surface area contributed by atoms with Crippen molar-refractivity contribution in [1.29, 1.82) is 0 Å². The second kappa shape index (κ2) is 6.20. The molecule has 1 atom stereocenters. The third kappa shape index (κ3) is 3.42. The van der Waals surface area contributed by atoms with Crippen molar-refractivity contribution in [2.45, 2.75) is 6.92 Å². The first kappa shape index (κ1) is 13.4. The number of aliphatic hydroxyl groups excluding tert-OH is 1. The first-order valence-corrected chi connectivity index (χ1v) is 5.37. The maximum absolute atomic E-state index is 8.93. The molecular formula is C12H19NO4. The maximum Gasteiger partial charge on any atom is 0.184 e.